The highest BCUT2D eigenvalue weighted by Gasteiger charge is 2.43. The van der Waals surface area contributed by atoms with E-state index in [2.05, 4.69) is 0 Å². The van der Waals surface area contributed by atoms with Crippen LogP contribution >= 0.6 is 0 Å². The van der Waals surface area contributed by atoms with Gasteiger partial charge in [0.2, 0.25) is 0 Å². The van der Waals surface area contributed by atoms with Crippen LogP contribution in [0.2, 0.25) is 0 Å². The van der Waals surface area contributed by atoms with Gasteiger partial charge in [-0.2, -0.15) is 0 Å². The molecule has 3 rings (SSSR count). The maximum atomic E-state index is 13.6. The summed E-state index contributed by atoms with van der Waals surface area (Å²) in [6.07, 6.45) is -14.2. The van der Waals surface area contributed by atoms with Crippen molar-refractivity contribution in [3.05, 3.63) is 23.7 Å². The third kappa shape index (κ3) is 5.16. The Morgan fingerprint density at radius 3 is 2.97 bits per heavy atom. The number of ether oxygens (including phenoxy) is 2. The van der Waals surface area contributed by atoms with Crippen molar-refractivity contribution in [2.45, 2.75) is 91.2 Å². The van der Waals surface area contributed by atoms with Crippen molar-refractivity contribution in [1.29, 1.82) is 0 Å². The topological polar surface area (TPSA) is 72.8 Å². The van der Waals surface area contributed by atoms with Gasteiger partial charge in [0.05, 0.1) is 22.0 Å². The average molecular weight is 433 g/mol. The molecule has 7 atom stereocenters. The summed E-state index contributed by atoms with van der Waals surface area (Å²) < 4.78 is 127. The number of carbonyl (C=O) groups is 2. The molecule has 1 aliphatic heterocycles. The number of allylic oxidation sites excluding steroid dienone is 3. The quantitative estimate of drug-likeness (QED) is 0.622. The van der Waals surface area contributed by atoms with Gasteiger partial charge in [-0.25, -0.2) is 0 Å². The standard InChI is InChI=1S/C25H38O5/c1-6-25(4,5)24(28)30-21-12-15(2)11-17-8-7-16(3)20(23(17)21)10-9-19-13-18(26)14-22(27)29-19/h7-8,11,15-16,18-21,23,26H,6,9-10,12-14H2,1-5H3/t15-,16-,18+,19?,20-,21?,23-/m0/s1/i1D3,6D2,7D,8D,11D,12D2,14D2,15D,16D. The van der Waals surface area contributed by atoms with Gasteiger partial charge in [-0.05, 0) is 62.7 Å². The summed E-state index contributed by atoms with van der Waals surface area (Å²) in [5.41, 5.74) is -2.72. The van der Waals surface area contributed by atoms with Crippen LogP contribution in [0, 0.1) is 29.0 Å². The third-order valence-electron chi connectivity index (χ3n) is 5.63. The maximum Gasteiger partial charge on any atom is 0.311 e. The number of esters is 2. The van der Waals surface area contributed by atoms with Crippen LogP contribution in [0.1, 0.15) is 92.1 Å². The number of aliphatic hydroxyl groups excluding tert-OH is 1. The molecule has 168 valence electrons. The van der Waals surface area contributed by atoms with E-state index in [0.29, 0.717) is 0 Å². The number of carbonyl (C=O) groups excluding carboxylic acids is 2. The first kappa shape index (κ1) is 10.8. The normalized spacial score (nSPS) is 53.5. The van der Waals surface area contributed by atoms with Crippen molar-refractivity contribution in [2.75, 3.05) is 0 Å². The molecule has 3 aliphatic rings. The highest BCUT2D eigenvalue weighted by molar-refractivity contribution is 5.76. The molecule has 1 heterocycles. The second-order valence-electron chi connectivity index (χ2n) is 8.45. The van der Waals surface area contributed by atoms with Gasteiger partial charge in [-0.1, -0.05) is 38.9 Å². The molecule has 0 amide bonds. The zero-order valence-corrected chi connectivity index (χ0v) is 17.6. The Morgan fingerprint density at radius 2 is 2.27 bits per heavy atom. The van der Waals surface area contributed by atoms with Gasteiger partial charge in [-0.3, -0.25) is 9.59 Å². The lowest BCUT2D eigenvalue weighted by molar-refractivity contribution is -0.166. The van der Waals surface area contributed by atoms with Crippen LogP contribution in [0.5, 0.6) is 0 Å². The number of rotatable bonds is 6. The smallest absolute Gasteiger partial charge is 0.311 e. The predicted molar refractivity (Wildman–Crippen MR) is 115 cm³/mol. The van der Waals surface area contributed by atoms with Crippen LogP contribution in [0.25, 0.3) is 0 Å². The van der Waals surface area contributed by atoms with E-state index in [0.717, 1.165) is 20.8 Å². The Kier molecular flexibility index (Phi) is 3.33. The number of hydrogen-bond donors (Lipinski definition) is 1. The van der Waals surface area contributed by atoms with Crippen LogP contribution in [-0.2, 0) is 19.1 Å². The summed E-state index contributed by atoms with van der Waals surface area (Å²) in [5, 5.41) is 10.2. The first-order valence-corrected chi connectivity index (χ1v) is 10.0. The molecule has 0 saturated carbocycles. The molecule has 1 fully saturated rings. The minimum Gasteiger partial charge on any atom is -0.462 e. The number of aliphatic hydroxyl groups is 1. The molecule has 2 aliphatic carbocycles. The van der Waals surface area contributed by atoms with Gasteiger partial charge >= 0.3 is 11.9 Å². The van der Waals surface area contributed by atoms with Crippen molar-refractivity contribution in [3.8, 4) is 0 Å². The fourth-order valence-corrected chi connectivity index (χ4v) is 3.86. The molecule has 5 nitrogen and oxygen atoms in total. The molecular weight excluding hydrogens is 380 g/mol. The van der Waals surface area contributed by atoms with Crippen LogP contribution in [-0.4, -0.2) is 35.4 Å². The minimum absolute atomic E-state index is 0.134. The first-order valence-electron chi connectivity index (χ1n) is 17.0. The monoisotopic (exact) mass is 432 g/mol. The van der Waals surface area contributed by atoms with Crippen molar-refractivity contribution in [3.63, 3.8) is 0 Å². The van der Waals surface area contributed by atoms with Crippen molar-refractivity contribution >= 4 is 11.9 Å². The van der Waals surface area contributed by atoms with Gasteiger partial charge in [0.15, 0.2) is 0 Å². The third-order valence-corrected chi connectivity index (χ3v) is 5.63. The maximum absolute atomic E-state index is 13.6. The van der Waals surface area contributed by atoms with E-state index in [-0.39, 0.29) is 24.8 Å². The molecule has 5 heteroatoms. The van der Waals surface area contributed by atoms with Crippen LogP contribution < -0.4 is 0 Å². The number of cyclic esters (lactones) is 1. The zero-order valence-electron chi connectivity index (χ0n) is 31.6. The van der Waals surface area contributed by atoms with E-state index < -0.39 is 103 Å². The molecule has 0 aromatic carbocycles. The van der Waals surface area contributed by atoms with Crippen molar-refractivity contribution in [1.82, 2.24) is 0 Å². The Hall–Kier alpha value is -1.62. The Labute approximate surface area is 200 Å². The fourth-order valence-electron chi connectivity index (χ4n) is 3.86. The lowest BCUT2D eigenvalue weighted by Crippen LogP contribution is -2.43. The van der Waals surface area contributed by atoms with E-state index in [9.17, 15) is 14.7 Å². The molecule has 0 aromatic heterocycles. The summed E-state index contributed by atoms with van der Waals surface area (Å²) in [6.45, 7) is 0.919. The SMILES string of the molecule is [2H]C1=C([2H])[C@]([2H])(C)[C@H](CCC2C[C@@H](O)C([2H])([2H])C(=O)O2)[C@@H]2C1=C([2H])[C@]([2H])(C)C([2H])([2H])C2OC(=O)C(C)(C)C([2H])([2H])C([2H])([2H])[2H]. The Morgan fingerprint density at radius 1 is 1.50 bits per heavy atom. The van der Waals surface area contributed by atoms with Gasteiger partial charge in [0.1, 0.15) is 12.2 Å². The summed E-state index contributed by atoms with van der Waals surface area (Å²) in [7, 11) is 0. The van der Waals surface area contributed by atoms with Crippen LogP contribution in [0.15, 0.2) is 23.7 Å². The summed E-state index contributed by atoms with van der Waals surface area (Å²) in [6, 6.07) is -1.91. The lowest BCUT2D eigenvalue weighted by atomic mass is 9.65. The fraction of sp³-hybridized carbons (Fsp3) is 0.760. The molecule has 1 saturated heterocycles. The molecule has 0 aromatic rings. The highest BCUT2D eigenvalue weighted by atomic mass is 16.6. The number of hydrogen-bond acceptors (Lipinski definition) is 5. The van der Waals surface area contributed by atoms with E-state index in [1.807, 2.05) is 0 Å². The molecule has 30 heavy (non-hydrogen) atoms. The van der Waals surface area contributed by atoms with E-state index >= 15 is 0 Å². The summed E-state index contributed by atoms with van der Waals surface area (Å²) in [4.78, 5) is 25.7. The lowest BCUT2D eigenvalue weighted by Gasteiger charge is -2.44. The molecular formula is C25H38O5. The molecule has 0 bridgehead atoms. The van der Waals surface area contributed by atoms with E-state index in [1.54, 1.807) is 0 Å². The number of fused-ring (bicyclic) bond motifs is 1. The Balaban J connectivity index is 2.16. The summed E-state index contributed by atoms with van der Waals surface area (Å²) in [5.74, 6) is -10.00. The predicted octanol–water partition coefficient (Wildman–Crippen LogP) is 4.59. The van der Waals surface area contributed by atoms with E-state index in [1.165, 1.54) is 6.92 Å². The zero-order chi connectivity index (χ0) is 34.4. The van der Waals surface area contributed by atoms with Gasteiger partial charge in [0, 0.05) is 27.4 Å². The second-order valence-corrected chi connectivity index (χ2v) is 8.45. The Bertz CT molecular complexity index is 1270. The molecule has 0 spiro atoms. The van der Waals surface area contributed by atoms with Gasteiger partial charge in [-0.15, -0.1) is 0 Å². The summed E-state index contributed by atoms with van der Waals surface area (Å²) >= 11 is 0. The molecule has 1 N–H and O–H groups in total. The molecule has 0 radical (unpaired) electrons. The van der Waals surface area contributed by atoms with Gasteiger partial charge in [0.25, 0.3) is 0 Å². The largest absolute Gasteiger partial charge is 0.462 e. The van der Waals surface area contributed by atoms with Crippen LogP contribution in [0.3, 0.4) is 0 Å². The first-order chi connectivity index (χ1) is 19.5. The van der Waals surface area contributed by atoms with Crippen molar-refractivity contribution < 1.29 is 43.4 Å². The van der Waals surface area contributed by atoms with Gasteiger partial charge < -0.3 is 14.6 Å². The second kappa shape index (κ2) is 9.25. The van der Waals surface area contributed by atoms with Crippen LogP contribution in [0.4, 0.5) is 0 Å². The van der Waals surface area contributed by atoms with E-state index in [4.69, 9.17) is 28.7 Å². The molecule has 2 unspecified atom stereocenters. The minimum atomic E-state index is -3.30. The van der Waals surface area contributed by atoms with Crippen molar-refractivity contribution in [2.24, 2.45) is 29.0 Å². The highest BCUT2D eigenvalue weighted by Crippen LogP contribution is 2.45. The average Bonchev–Trinajstić information content (AvgIpc) is 2.86.